The monoisotopic (exact) mass is 593 g/mol. The summed E-state index contributed by atoms with van der Waals surface area (Å²) in [5, 5.41) is 3.51. The van der Waals surface area contributed by atoms with E-state index in [0.29, 0.717) is 31.8 Å². The first kappa shape index (κ1) is 32.3. The molecule has 0 aromatic heterocycles. The molecule has 1 N–H and O–H groups in total. The maximum absolute atomic E-state index is 12.6. The second kappa shape index (κ2) is 14.7. The van der Waals surface area contributed by atoms with Gasteiger partial charge in [0.2, 0.25) is 0 Å². The summed E-state index contributed by atoms with van der Waals surface area (Å²) in [6.07, 6.45) is 0.599. The number of esters is 2. The minimum Gasteiger partial charge on any atom is -0.493 e. The molecule has 0 radical (unpaired) electrons. The van der Waals surface area contributed by atoms with Gasteiger partial charge in [-0.1, -0.05) is 75.4 Å². The van der Waals surface area contributed by atoms with Gasteiger partial charge in [0.1, 0.15) is 5.75 Å². The molecule has 6 heteroatoms. The van der Waals surface area contributed by atoms with Gasteiger partial charge in [0.15, 0.2) is 0 Å². The molecule has 0 unspecified atom stereocenters. The molecule has 0 aliphatic rings. The highest BCUT2D eigenvalue weighted by Gasteiger charge is 2.20. The van der Waals surface area contributed by atoms with Crippen LogP contribution in [0.25, 0.3) is 33.4 Å². The highest BCUT2D eigenvalue weighted by molar-refractivity contribution is 5.97. The molecule has 0 aliphatic carbocycles. The van der Waals surface area contributed by atoms with Crippen LogP contribution >= 0.6 is 0 Å². The molecule has 0 spiro atoms. The molecule has 0 saturated carbocycles. The predicted molar refractivity (Wildman–Crippen MR) is 178 cm³/mol. The third-order valence-corrected chi connectivity index (χ3v) is 7.29. The topological polar surface area (TPSA) is 73.9 Å². The Morgan fingerprint density at radius 1 is 0.727 bits per heavy atom. The summed E-state index contributed by atoms with van der Waals surface area (Å²) >= 11 is 0. The van der Waals surface area contributed by atoms with Crippen LogP contribution in [0.15, 0.2) is 84.9 Å². The minimum absolute atomic E-state index is 0.0636. The first-order valence-electron chi connectivity index (χ1n) is 15.3. The van der Waals surface area contributed by atoms with E-state index in [-0.39, 0.29) is 17.4 Å². The van der Waals surface area contributed by atoms with Crippen LogP contribution in [0.5, 0.6) is 5.75 Å². The lowest BCUT2D eigenvalue weighted by Gasteiger charge is -2.25. The molecule has 0 heterocycles. The van der Waals surface area contributed by atoms with Gasteiger partial charge in [-0.05, 0) is 83.0 Å². The number of nitrogens with one attached hydrogen (secondary N) is 1. The molecule has 0 amide bonds. The quantitative estimate of drug-likeness (QED) is 0.131. The highest BCUT2D eigenvalue weighted by Crippen LogP contribution is 2.39. The van der Waals surface area contributed by atoms with Crippen molar-refractivity contribution in [2.24, 2.45) is 0 Å². The Bertz CT molecular complexity index is 1580. The predicted octanol–water partition coefficient (Wildman–Crippen LogP) is 8.93. The van der Waals surface area contributed by atoms with Gasteiger partial charge < -0.3 is 19.5 Å². The van der Waals surface area contributed by atoms with Gasteiger partial charge in [-0.25, -0.2) is 4.79 Å². The maximum Gasteiger partial charge on any atom is 0.338 e. The maximum atomic E-state index is 12.6. The van der Waals surface area contributed by atoms with Crippen LogP contribution in [0.3, 0.4) is 0 Å². The fourth-order valence-electron chi connectivity index (χ4n) is 5.16. The van der Waals surface area contributed by atoms with Gasteiger partial charge in [0.05, 0.1) is 25.4 Å². The summed E-state index contributed by atoms with van der Waals surface area (Å²) in [5.74, 6) is 0.156. The van der Waals surface area contributed by atoms with E-state index in [4.69, 9.17) is 14.2 Å². The standard InChI is InChI=1S/C38H43NO5/c1-7-39-35-20-18-30(25-34(35)38(4,5)6)33-24-29(19-21-36(33)44-23-11-22-43-26(3)40)27-14-16-28(17-15-27)31-12-9-10-13-32(31)37(41)42-8-2/h9-10,12-21,24-25,39H,7-8,11,22-23H2,1-6H3. The van der Waals surface area contributed by atoms with Crippen molar-refractivity contribution in [3.63, 3.8) is 0 Å². The van der Waals surface area contributed by atoms with Crippen LogP contribution in [0, 0.1) is 0 Å². The Hall–Kier alpha value is -4.58. The normalized spacial score (nSPS) is 11.1. The second-order valence-electron chi connectivity index (χ2n) is 11.6. The van der Waals surface area contributed by atoms with E-state index in [2.05, 4.69) is 75.5 Å². The summed E-state index contributed by atoms with van der Waals surface area (Å²) in [5.41, 5.74) is 8.77. The number of hydrogen-bond acceptors (Lipinski definition) is 6. The van der Waals surface area contributed by atoms with Crippen molar-refractivity contribution in [2.75, 3.05) is 31.7 Å². The van der Waals surface area contributed by atoms with Crippen LogP contribution in [0.4, 0.5) is 5.69 Å². The average molecular weight is 594 g/mol. The number of carbonyl (C=O) groups excluding carboxylic acids is 2. The van der Waals surface area contributed by atoms with Crippen LogP contribution in [-0.4, -0.2) is 38.3 Å². The van der Waals surface area contributed by atoms with Gasteiger partial charge in [-0.3, -0.25) is 4.79 Å². The lowest BCUT2D eigenvalue weighted by atomic mass is 9.83. The Labute approximate surface area is 261 Å². The summed E-state index contributed by atoms with van der Waals surface area (Å²) in [6.45, 7) is 13.9. The van der Waals surface area contributed by atoms with Crippen LogP contribution < -0.4 is 10.1 Å². The Kier molecular flexibility index (Phi) is 10.8. The van der Waals surface area contributed by atoms with Crippen LogP contribution in [-0.2, 0) is 19.7 Å². The Morgan fingerprint density at radius 2 is 1.41 bits per heavy atom. The van der Waals surface area contributed by atoms with Crippen LogP contribution in [0.2, 0.25) is 0 Å². The number of hydrogen-bond donors (Lipinski definition) is 1. The summed E-state index contributed by atoms with van der Waals surface area (Å²) in [7, 11) is 0. The molecule has 6 nitrogen and oxygen atoms in total. The van der Waals surface area contributed by atoms with Crippen molar-refractivity contribution in [1.29, 1.82) is 0 Å². The third-order valence-electron chi connectivity index (χ3n) is 7.29. The first-order chi connectivity index (χ1) is 21.1. The minimum atomic E-state index is -0.324. The summed E-state index contributed by atoms with van der Waals surface area (Å²) in [4.78, 5) is 23.7. The van der Waals surface area contributed by atoms with Gasteiger partial charge in [-0.15, -0.1) is 0 Å². The van der Waals surface area contributed by atoms with E-state index >= 15 is 0 Å². The van der Waals surface area contributed by atoms with Gasteiger partial charge >= 0.3 is 11.9 Å². The lowest BCUT2D eigenvalue weighted by Crippen LogP contribution is -2.15. The van der Waals surface area contributed by atoms with E-state index in [0.717, 1.165) is 51.4 Å². The van der Waals surface area contributed by atoms with Crippen molar-refractivity contribution in [3.05, 3.63) is 96.1 Å². The fraction of sp³-hybridized carbons (Fsp3) is 0.316. The summed E-state index contributed by atoms with van der Waals surface area (Å²) < 4.78 is 16.6. The highest BCUT2D eigenvalue weighted by atomic mass is 16.5. The van der Waals surface area contributed by atoms with E-state index < -0.39 is 0 Å². The Balaban J connectivity index is 1.71. The SMILES string of the molecule is CCNc1ccc(-c2cc(-c3ccc(-c4ccccc4C(=O)OCC)cc3)ccc2OCCCOC(C)=O)cc1C(C)(C)C. The van der Waals surface area contributed by atoms with Gasteiger partial charge in [0.25, 0.3) is 0 Å². The second-order valence-corrected chi connectivity index (χ2v) is 11.6. The van der Waals surface area contributed by atoms with Crippen molar-refractivity contribution >= 4 is 17.6 Å². The molecule has 0 bridgehead atoms. The van der Waals surface area contributed by atoms with Crippen molar-refractivity contribution in [3.8, 4) is 39.1 Å². The number of anilines is 1. The van der Waals surface area contributed by atoms with Crippen molar-refractivity contribution in [1.82, 2.24) is 0 Å². The molecule has 4 rings (SSSR count). The zero-order chi connectivity index (χ0) is 31.7. The van der Waals surface area contributed by atoms with E-state index in [9.17, 15) is 9.59 Å². The molecule has 44 heavy (non-hydrogen) atoms. The number of rotatable bonds is 12. The zero-order valence-corrected chi connectivity index (χ0v) is 26.7. The molecule has 0 aliphatic heterocycles. The number of benzene rings is 4. The smallest absolute Gasteiger partial charge is 0.338 e. The number of ether oxygens (including phenoxy) is 3. The van der Waals surface area contributed by atoms with E-state index in [1.165, 1.54) is 12.5 Å². The van der Waals surface area contributed by atoms with Crippen molar-refractivity contribution < 1.29 is 23.8 Å². The molecule has 230 valence electrons. The Morgan fingerprint density at radius 3 is 2.09 bits per heavy atom. The zero-order valence-electron chi connectivity index (χ0n) is 26.7. The molecule has 4 aromatic carbocycles. The largest absolute Gasteiger partial charge is 0.493 e. The summed E-state index contributed by atoms with van der Waals surface area (Å²) in [6, 6.07) is 28.5. The molecule has 0 atom stereocenters. The molecule has 0 fully saturated rings. The average Bonchev–Trinajstić information content (AvgIpc) is 3.01. The third kappa shape index (κ3) is 8.07. The molecule has 4 aromatic rings. The molecule has 0 saturated heterocycles. The van der Waals surface area contributed by atoms with Crippen LogP contribution in [0.1, 0.15) is 63.9 Å². The molecular weight excluding hydrogens is 550 g/mol. The number of carbonyl (C=O) groups is 2. The fourth-order valence-corrected chi connectivity index (χ4v) is 5.16. The first-order valence-corrected chi connectivity index (χ1v) is 15.3. The van der Waals surface area contributed by atoms with Gasteiger partial charge in [0, 0.05) is 31.1 Å². The van der Waals surface area contributed by atoms with Gasteiger partial charge in [-0.2, -0.15) is 0 Å². The van der Waals surface area contributed by atoms with Crippen molar-refractivity contribution in [2.45, 2.75) is 53.4 Å². The molecular formula is C38H43NO5. The van der Waals surface area contributed by atoms with E-state index in [1.807, 2.05) is 43.3 Å². The van der Waals surface area contributed by atoms with E-state index in [1.54, 1.807) is 6.07 Å². The lowest BCUT2D eigenvalue weighted by molar-refractivity contribution is -0.141.